The number of aryl methyl sites for hydroxylation is 1. The molecule has 1 aliphatic rings. The summed E-state index contributed by atoms with van der Waals surface area (Å²) in [6.07, 6.45) is 3.14. The van der Waals surface area contributed by atoms with Crippen molar-refractivity contribution in [2.45, 2.75) is 32.7 Å². The lowest BCUT2D eigenvalue weighted by molar-refractivity contribution is -0.129. The van der Waals surface area contributed by atoms with E-state index in [9.17, 15) is 4.79 Å². The predicted molar refractivity (Wildman–Crippen MR) is 83.1 cm³/mol. The Morgan fingerprint density at radius 3 is 2.81 bits per heavy atom. The van der Waals surface area contributed by atoms with Gasteiger partial charge in [0, 0.05) is 37.0 Å². The number of nitrogens with zero attached hydrogens (tertiary/aromatic N) is 1. The SMILES string of the molecule is CCc1oc2ccccc2c1CNCC(=O)N1CCCC1. The highest BCUT2D eigenvalue weighted by Crippen LogP contribution is 2.26. The molecule has 3 rings (SSSR count). The first kappa shape index (κ1) is 14.1. The van der Waals surface area contributed by atoms with Gasteiger partial charge in [-0.05, 0) is 18.9 Å². The number of fused-ring (bicyclic) bond motifs is 1. The summed E-state index contributed by atoms with van der Waals surface area (Å²) in [6, 6.07) is 8.08. The molecule has 4 nitrogen and oxygen atoms in total. The third-order valence-electron chi connectivity index (χ3n) is 4.14. The molecule has 1 aromatic heterocycles. The standard InChI is InChI=1S/C17H22N2O2/c1-2-15-14(13-7-3-4-8-16(13)21-15)11-18-12-17(20)19-9-5-6-10-19/h3-4,7-8,18H,2,5-6,9-12H2,1H3. The zero-order valence-corrected chi connectivity index (χ0v) is 12.5. The van der Waals surface area contributed by atoms with Crippen LogP contribution in [0.2, 0.25) is 0 Å². The molecule has 112 valence electrons. The van der Waals surface area contributed by atoms with Crippen molar-refractivity contribution >= 4 is 16.9 Å². The Morgan fingerprint density at radius 1 is 1.29 bits per heavy atom. The third-order valence-corrected chi connectivity index (χ3v) is 4.14. The number of furan rings is 1. The molecule has 0 atom stereocenters. The molecule has 1 fully saturated rings. The fraction of sp³-hybridized carbons (Fsp3) is 0.471. The molecule has 2 aromatic rings. The van der Waals surface area contributed by atoms with E-state index in [2.05, 4.69) is 18.3 Å². The van der Waals surface area contributed by atoms with Crippen molar-refractivity contribution in [1.29, 1.82) is 0 Å². The fourth-order valence-electron chi connectivity index (χ4n) is 3.00. The van der Waals surface area contributed by atoms with Crippen molar-refractivity contribution < 1.29 is 9.21 Å². The number of likely N-dealkylation sites (tertiary alicyclic amines) is 1. The zero-order chi connectivity index (χ0) is 14.7. The number of para-hydroxylation sites is 1. The third kappa shape index (κ3) is 2.95. The van der Waals surface area contributed by atoms with Gasteiger partial charge in [0.25, 0.3) is 0 Å². The summed E-state index contributed by atoms with van der Waals surface area (Å²) < 4.78 is 5.87. The number of amides is 1. The van der Waals surface area contributed by atoms with Gasteiger partial charge in [-0.2, -0.15) is 0 Å². The van der Waals surface area contributed by atoms with Crippen LogP contribution in [-0.4, -0.2) is 30.4 Å². The maximum atomic E-state index is 12.0. The highest BCUT2D eigenvalue weighted by Gasteiger charge is 2.18. The fourth-order valence-corrected chi connectivity index (χ4v) is 3.00. The van der Waals surface area contributed by atoms with E-state index < -0.39 is 0 Å². The van der Waals surface area contributed by atoms with Crippen LogP contribution in [0.25, 0.3) is 11.0 Å². The Kier molecular flexibility index (Phi) is 4.25. The van der Waals surface area contributed by atoms with E-state index in [0.717, 1.165) is 49.1 Å². The van der Waals surface area contributed by atoms with Crippen LogP contribution >= 0.6 is 0 Å². The van der Waals surface area contributed by atoms with Gasteiger partial charge < -0.3 is 14.6 Å². The molecule has 0 radical (unpaired) electrons. The van der Waals surface area contributed by atoms with Gasteiger partial charge in [0.15, 0.2) is 0 Å². The summed E-state index contributed by atoms with van der Waals surface area (Å²) >= 11 is 0. The van der Waals surface area contributed by atoms with Crippen LogP contribution in [0.15, 0.2) is 28.7 Å². The molecular weight excluding hydrogens is 264 g/mol. The first-order chi connectivity index (χ1) is 10.3. The number of benzene rings is 1. The Labute approximate surface area is 125 Å². The highest BCUT2D eigenvalue weighted by molar-refractivity contribution is 5.82. The molecular formula is C17H22N2O2. The second-order valence-electron chi connectivity index (χ2n) is 5.54. The van der Waals surface area contributed by atoms with Gasteiger partial charge in [-0.3, -0.25) is 4.79 Å². The summed E-state index contributed by atoms with van der Waals surface area (Å²) in [5.74, 6) is 1.22. The van der Waals surface area contributed by atoms with E-state index in [1.165, 1.54) is 5.56 Å². The summed E-state index contributed by atoms with van der Waals surface area (Å²) in [6.45, 7) is 5.00. The van der Waals surface area contributed by atoms with Crippen LogP contribution in [0.3, 0.4) is 0 Å². The summed E-state index contributed by atoms with van der Waals surface area (Å²) in [5, 5.41) is 4.43. The van der Waals surface area contributed by atoms with Gasteiger partial charge in [-0.25, -0.2) is 0 Å². The first-order valence-electron chi connectivity index (χ1n) is 7.77. The lowest BCUT2D eigenvalue weighted by atomic mass is 10.1. The van der Waals surface area contributed by atoms with Crippen LogP contribution < -0.4 is 5.32 Å². The molecule has 0 spiro atoms. The minimum atomic E-state index is 0.207. The van der Waals surface area contributed by atoms with E-state index in [-0.39, 0.29) is 5.91 Å². The number of hydrogen-bond donors (Lipinski definition) is 1. The lowest BCUT2D eigenvalue weighted by Crippen LogP contribution is -2.36. The molecule has 0 saturated carbocycles. The average molecular weight is 286 g/mol. The number of carbonyl (C=O) groups excluding carboxylic acids is 1. The largest absolute Gasteiger partial charge is 0.461 e. The maximum Gasteiger partial charge on any atom is 0.236 e. The lowest BCUT2D eigenvalue weighted by Gasteiger charge is -2.15. The first-order valence-corrected chi connectivity index (χ1v) is 7.77. The van der Waals surface area contributed by atoms with Crippen LogP contribution in [0.1, 0.15) is 31.1 Å². The molecule has 1 N–H and O–H groups in total. The highest BCUT2D eigenvalue weighted by atomic mass is 16.3. The summed E-state index contributed by atoms with van der Waals surface area (Å²) in [5.41, 5.74) is 2.11. The van der Waals surface area contributed by atoms with Gasteiger partial charge in [0.1, 0.15) is 11.3 Å². The maximum absolute atomic E-state index is 12.0. The Balaban J connectivity index is 1.66. The van der Waals surface area contributed by atoms with Gasteiger partial charge in [0.2, 0.25) is 5.91 Å². The molecule has 21 heavy (non-hydrogen) atoms. The Bertz CT molecular complexity index is 627. The topological polar surface area (TPSA) is 45.5 Å². The molecule has 2 heterocycles. The molecule has 4 heteroatoms. The summed E-state index contributed by atoms with van der Waals surface area (Å²) in [7, 11) is 0. The number of carbonyl (C=O) groups is 1. The van der Waals surface area contributed by atoms with Crippen molar-refractivity contribution in [3.8, 4) is 0 Å². The minimum Gasteiger partial charge on any atom is -0.461 e. The molecule has 1 saturated heterocycles. The Hall–Kier alpha value is -1.81. The quantitative estimate of drug-likeness (QED) is 0.919. The molecule has 0 unspecified atom stereocenters. The van der Waals surface area contributed by atoms with Crippen LogP contribution in [-0.2, 0) is 17.8 Å². The second kappa shape index (κ2) is 6.31. The zero-order valence-electron chi connectivity index (χ0n) is 12.5. The Morgan fingerprint density at radius 2 is 2.05 bits per heavy atom. The van der Waals surface area contributed by atoms with Crippen molar-refractivity contribution in [2.24, 2.45) is 0 Å². The molecule has 1 amide bonds. The van der Waals surface area contributed by atoms with E-state index in [4.69, 9.17) is 4.42 Å². The van der Waals surface area contributed by atoms with Crippen molar-refractivity contribution in [2.75, 3.05) is 19.6 Å². The van der Waals surface area contributed by atoms with Gasteiger partial charge in [0.05, 0.1) is 6.54 Å². The van der Waals surface area contributed by atoms with Gasteiger partial charge in [-0.15, -0.1) is 0 Å². The average Bonchev–Trinajstić information content (AvgIpc) is 3.14. The number of rotatable bonds is 5. The van der Waals surface area contributed by atoms with Crippen LogP contribution in [0.4, 0.5) is 0 Å². The van der Waals surface area contributed by atoms with Gasteiger partial charge in [-0.1, -0.05) is 25.1 Å². The van der Waals surface area contributed by atoms with E-state index >= 15 is 0 Å². The molecule has 0 bridgehead atoms. The predicted octanol–water partition coefficient (Wildman–Crippen LogP) is 2.71. The molecule has 1 aliphatic heterocycles. The van der Waals surface area contributed by atoms with E-state index in [1.807, 2.05) is 23.1 Å². The summed E-state index contributed by atoms with van der Waals surface area (Å²) in [4.78, 5) is 14.0. The van der Waals surface area contributed by atoms with Crippen molar-refractivity contribution in [3.63, 3.8) is 0 Å². The van der Waals surface area contributed by atoms with Crippen LogP contribution in [0.5, 0.6) is 0 Å². The smallest absolute Gasteiger partial charge is 0.236 e. The normalized spacial score (nSPS) is 15.0. The number of nitrogens with one attached hydrogen (secondary N) is 1. The minimum absolute atomic E-state index is 0.207. The van der Waals surface area contributed by atoms with Crippen molar-refractivity contribution in [1.82, 2.24) is 10.2 Å². The number of hydrogen-bond acceptors (Lipinski definition) is 3. The van der Waals surface area contributed by atoms with Crippen LogP contribution in [0, 0.1) is 0 Å². The van der Waals surface area contributed by atoms with Gasteiger partial charge >= 0.3 is 0 Å². The monoisotopic (exact) mass is 286 g/mol. The second-order valence-corrected chi connectivity index (χ2v) is 5.54. The van der Waals surface area contributed by atoms with E-state index in [1.54, 1.807) is 0 Å². The molecule has 0 aliphatic carbocycles. The molecule has 1 aromatic carbocycles. The van der Waals surface area contributed by atoms with E-state index in [0.29, 0.717) is 13.1 Å². The van der Waals surface area contributed by atoms with Crippen molar-refractivity contribution in [3.05, 3.63) is 35.6 Å².